The van der Waals surface area contributed by atoms with Crippen molar-refractivity contribution in [3.05, 3.63) is 34.9 Å². The molecule has 0 spiro atoms. The highest BCUT2D eigenvalue weighted by molar-refractivity contribution is 6.00. The van der Waals surface area contributed by atoms with E-state index in [0.717, 1.165) is 12.1 Å². The van der Waals surface area contributed by atoms with Gasteiger partial charge in [0.1, 0.15) is 0 Å². The molecule has 0 amide bonds. The zero-order chi connectivity index (χ0) is 9.42. The molecule has 0 radical (unpaired) electrons. The van der Waals surface area contributed by atoms with E-state index in [-0.39, 0.29) is 5.78 Å². The number of Topliss-reactive ketones (excluding diaryl/α,β-unsaturated/α-hetero) is 1. The first-order chi connectivity index (χ1) is 6.18. The van der Waals surface area contributed by atoms with Gasteiger partial charge in [-0.1, -0.05) is 18.2 Å². The molecule has 1 aliphatic heterocycles. The highest BCUT2D eigenvalue weighted by atomic mass is 16.1. The number of ketones is 1. The SMILES string of the molecule is Cc1cccc2c1CN(C)CC2=O. The van der Waals surface area contributed by atoms with Crippen LogP contribution < -0.4 is 0 Å². The van der Waals surface area contributed by atoms with Crippen LogP contribution in [0.15, 0.2) is 18.2 Å². The van der Waals surface area contributed by atoms with Crippen LogP contribution in [0.2, 0.25) is 0 Å². The molecular weight excluding hydrogens is 162 g/mol. The van der Waals surface area contributed by atoms with Crippen molar-refractivity contribution in [1.29, 1.82) is 0 Å². The molecule has 0 saturated heterocycles. The van der Waals surface area contributed by atoms with Gasteiger partial charge < -0.3 is 0 Å². The molecule has 0 saturated carbocycles. The van der Waals surface area contributed by atoms with Crippen LogP contribution >= 0.6 is 0 Å². The molecule has 2 heteroatoms. The zero-order valence-electron chi connectivity index (χ0n) is 8.00. The van der Waals surface area contributed by atoms with E-state index in [1.807, 2.05) is 19.2 Å². The Hall–Kier alpha value is -1.15. The van der Waals surface area contributed by atoms with E-state index >= 15 is 0 Å². The van der Waals surface area contributed by atoms with Gasteiger partial charge in [0.15, 0.2) is 5.78 Å². The fourth-order valence-electron chi connectivity index (χ4n) is 1.83. The first-order valence-corrected chi connectivity index (χ1v) is 4.48. The minimum atomic E-state index is 0.243. The van der Waals surface area contributed by atoms with Gasteiger partial charge in [0.25, 0.3) is 0 Å². The average molecular weight is 175 g/mol. The lowest BCUT2D eigenvalue weighted by Crippen LogP contribution is -2.32. The number of rotatable bonds is 0. The van der Waals surface area contributed by atoms with Gasteiger partial charge in [0.05, 0.1) is 6.54 Å². The van der Waals surface area contributed by atoms with Gasteiger partial charge >= 0.3 is 0 Å². The number of carbonyl (C=O) groups excluding carboxylic acids is 1. The first-order valence-electron chi connectivity index (χ1n) is 4.48. The van der Waals surface area contributed by atoms with Crippen LogP contribution in [0, 0.1) is 6.92 Å². The Morgan fingerprint density at radius 1 is 1.31 bits per heavy atom. The molecule has 1 aliphatic rings. The van der Waals surface area contributed by atoms with Crippen molar-refractivity contribution in [1.82, 2.24) is 4.90 Å². The van der Waals surface area contributed by atoms with E-state index in [1.165, 1.54) is 11.1 Å². The van der Waals surface area contributed by atoms with Crippen LogP contribution in [0.1, 0.15) is 21.5 Å². The number of hydrogen-bond donors (Lipinski definition) is 0. The Kier molecular flexibility index (Phi) is 1.93. The Morgan fingerprint density at radius 3 is 2.85 bits per heavy atom. The molecule has 2 rings (SSSR count). The second-order valence-corrected chi connectivity index (χ2v) is 3.70. The van der Waals surface area contributed by atoms with E-state index in [1.54, 1.807) is 0 Å². The van der Waals surface area contributed by atoms with Crippen LogP contribution in [0.5, 0.6) is 0 Å². The van der Waals surface area contributed by atoms with E-state index in [0.29, 0.717) is 6.54 Å². The maximum absolute atomic E-state index is 11.6. The van der Waals surface area contributed by atoms with Crippen molar-refractivity contribution in [2.75, 3.05) is 13.6 Å². The largest absolute Gasteiger partial charge is 0.295 e. The standard InChI is InChI=1S/C11H13NO/c1-8-4-3-5-9-10(8)6-12(2)7-11(9)13/h3-5H,6-7H2,1-2H3. The Morgan fingerprint density at radius 2 is 2.08 bits per heavy atom. The number of benzene rings is 1. The van der Waals surface area contributed by atoms with Crippen LogP contribution in [0.3, 0.4) is 0 Å². The molecule has 13 heavy (non-hydrogen) atoms. The summed E-state index contributed by atoms with van der Waals surface area (Å²) in [5.41, 5.74) is 3.33. The fraction of sp³-hybridized carbons (Fsp3) is 0.364. The third kappa shape index (κ3) is 1.38. The number of hydrogen-bond acceptors (Lipinski definition) is 2. The van der Waals surface area contributed by atoms with Crippen molar-refractivity contribution in [3.8, 4) is 0 Å². The van der Waals surface area contributed by atoms with E-state index < -0.39 is 0 Å². The van der Waals surface area contributed by atoms with Gasteiger partial charge in [-0.25, -0.2) is 0 Å². The summed E-state index contributed by atoms with van der Waals surface area (Å²) in [5.74, 6) is 0.243. The predicted molar refractivity (Wildman–Crippen MR) is 51.8 cm³/mol. The normalized spacial score (nSPS) is 17.2. The summed E-state index contributed by atoms with van der Waals surface area (Å²) in [4.78, 5) is 13.7. The molecule has 0 bridgehead atoms. The van der Waals surface area contributed by atoms with Gasteiger partial charge in [-0.3, -0.25) is 9.69 Å². The highest BCUT2D eigenvalue weighted by Gasteiger charge is 2.20. The molecule has 0 fully saturated rings. The van der Waals surface area contributed by atoms with Crippen LogP contribution in [0.4, 0.5) is 0 Å². The number of nitrogens with zero attached hydrogens (tertiary/aromatic N) is 1. The van der Waals surface area contributed by atoms with Crippen molar-refractivity contribution in [3.63, 3.8) is 0 Å². The van der Waals surface area contributed by atoms with E-state index in [4.69, 9.17) is 0 Å². The minimum Gasteiger partial charge on any atom is -0.295 e. The van der Waals surface area contributed by atoms with Crippen molar-refractivity contribution < 1.29 is 4.79 Å². The molecule has 1 aromatic rings. The van der Waals surface area contributed by atoms with Gasteiger partial charge in [0.2, 0.25) is 0 Å². The Balaban J connectivity index is 2.55. The summed E-state index contributed by atoms with van der Waals surface area (Å²) in [6.07, 6.45) is 0. The second kappa shape index (κ2) is 2.96. The molecule has 0 aromatic heterocycles. The molecule has 0 N–H and O–H groups in total. The molecular formula is C11H13NO. The topological polar surface area (TPSA) is 20.3 Å². The lowest BCUT2D eigenvalue weighted by atomic mass is 9.95. The average Bonchev–Trinajstić information content (AvgIpc) is 2.07. The maximum Gasteiger partial charge on any atom is 0.177 e. The lowest BCUT2D eigenvalue weighted by molar-refractivity contribution is 0.0922. The summed E-state index contributed by atoms with van der Waals surface area (Å²) in [7, 11) is 1.98. The van der Waals surface area contributed by atoms with Crippen LogP contribution in [-0.2, 0) is 6.54 Å². The van der Waals surface area contributed by atoms with Crippen molar-refractivity contribution >= 4 is 5.78 Å². The highest BCUT2D eigenvalue weighted by Crippen LogP contribution is 2.20. The monoisotopic (exact) mass is 175 g/mol. The zero-order valence-corrected chi connectivity index (χ0v) is 8.00. The third-order valence-electron chi connectivity index (χ3n) is 2.55. The van der Waals surface area contributed by atoms with Gasteiger partial charge in [-0.15, -0.1) is 0 Å². The summed E-state index contributed by atoms with van der Waals surface area (Å²) in [6, 6.07) is 5.94. The second-order valence-electron chi connectivity index (χ2n) is 3.70. The predicted octanol–water partition coefficient (Wildman–Crippen LogP) is 1.62. The van der Waals surface area contributed by atoms with Gasteiger partial charge in [-0.05, 0) is 25.1 Å². The summed E-state index contributed by atoms with van der Waals surface area (Å²) in [5, 5.41) is 0. The molecule has 2 nitrogen and oxygen atoms in total. The summed E-state index contributed by atoms with van der Waals surface area (Å²) < 4.78 is 0. The third-order valence-corrected chi connectivity index (χ3v) is 2.55. The molecule has 68 valence electrons. The molecule has 1 heterocycles. The Bertz CT molecular complexity index is 357. The quantitative estimate of drug-likeness (QED) is 0.597. The van der Waals surface area contributed by atoms with Crippen LogP contribution in [0.25, 0.3) is 0 Å². The Labute approximate surface area is 78.2 Å². The maximum atomic E-state index is 11.6. The van der Waals surface area contributed by atoms with Gasteiger partial charge in [-0.2, -0.15) is 0 Å². The van der Waals surface area contributed by atoms with E-state index in [9.17, 15) is 4.79 Å². The fourth-order valence-corrected chi connectivity index (χ4v) is 1.83. The molecule has 0 unspecified atom stereocenters. The number of fused-ring (bicyclic) bond motifs is 1. The van der Waals surface area contributed by atoms with Crippen molar-refractivity contribution in [2.24, 2.45) is 0 Å². The summed E-state index contributed by atoms with van der Waals surface area (Å²) >= 11 is 0. The van der Waals surface area contributed by atoms with Crippen molar-refractivity contribution in [2.45, 2.75) is 13.5 Å². The molecule has 1 aromatic carbocycles. The first kappa shape index (κ1) is 8.45. The van der Waals surface area contributed by atoms with E-state index in [2.05, 4.69) is 17.9 Å². The number of aryl methyl sites for hydroxylation is 1. The van der Waals surface area contributed by atoms with Crippen LogP contribution in [-0.4, -0.2) is 24.3 Å². The minimum absolute atomic E-state index is 0.243. The number of carbonyl (C=O) groups is 1. The van der Waals surface area contributed by atoms with Gasteiger partial charge in [0, 0.05) is 12.1 Å². The lowest BCUT2D eigenvalue weighted by Gasteiger charge is -2.24. The number of likely N-dealkylation sites (N-methyl/N-ethyl adjacent to an activating group) is 1. The smallest absolute Gasteiger partial charge is 0.177 e. The summed E-state index contributed by atoms with van der Waals surface area (Å²) in [6.45, 7) is 3.51. The molecule has 0 atom stereocenters. The molecule has 0 aliphatic carbocycles.